The van der Waals surface area contributed by atoms with E-state index < -0.39 is 49.4 Å². The molecule has 320 valence electrons. The molecule has 10 heteroatoms. The molecule has 6 unspecified atom stereocenters. The predicted molar refractivity (Wildman–Crippen MR) is 219 cm³/mol. The van der Waals surface area contributed by atoms with Crippen molar-refractivity contribution in [3.05, 3.63) is 36.5 Å². The lowest BCUT2D eigenvalue weighted by atomic mass is 9.99. The van der Waals surface area contributed by atoms with Crippen LogP contribution in [0.3, 0.4) is 0 Å². The van der Waals surface area contributed by atoms with Crippen LogP contribution in [0.25, 0.3) is 0 Å². The molecule has 1 rings (SSSR count). The van der Waals surface area contributed by atoms with Crippen molar-refractivity contribution in [2.24, 2.45) is 0 Å². The minimum Gasteiger partial charge on any atom is -0.462 e. The van der Waals surface area contributed by atoms with Gasteiger partial charge in [0.15, 0.2) is 12.4 Å². The number of aliphatic hydroxyl groups excluding tert-OH is 4. The minimum atomic E-state index is -1.60. The van der Waals surface area contributed by atoms with Crippen LogP contribution < -0.4 is 0 Å². The molecule has 6 atom stereocenters. The molecule has 0 bridgehead atoms. The van der Waals surface area contributed by atoms with Crippen LogP contribution in [0, 0.1) is 0 Å². The molecule has 4 N–H and O–H groups in total. The van der Waals surface area contributed by atoms with Crippen molar-refractivity contribution in [2.75, 3.05) is 19.8 Å². The number of hydrogen-bond donors (Lipinski definition) is 4. The van der Waals surface area contributed by atoms with Crippen molar-refractivity contribution in [2.45, 2.75) is 218 Å². The Labute approximate surface area is 334 Å². The third kappa shape index (κ3) is 28.0. The summed E-state index contributed by atoms with van der Waals surface area (Å²) in [5, 5.41) is 40.0. The number of rotatable bonds is 36. The van der Waals surface area contributed by atoms with Crippen molar-refractivity contribution in [3.8, 4) is 0 Å². The van der Waals surface area contributed by atoms with Gasteiger partial charge in [-0.15, -0.1) is 0 Å². The van der Waals surface area contributed by atoms with Crippen molar-refractivity contribution in [3.63, 3.8) is 0 Å². The summed E-state index contributed by atoms with van der Waals surface area (Å²) in [6, 6.07) is 0. The van der Waals surface area contributed by atoms with Crippen LogP contribution >= 0.6 is 0 Å². The van der Waals surface area contributed by atoms with Crippen molar-refractivity contribution < 1.29 is 49.0 Å². The summed E-state index contributed by atoms with van der Waals surface area (Å²) in [6.07, 6.45) is 32.9. The monoisotopic (exact) mass is 781 g/mol. The van der Waals surface area contributed by atoms with Gasteiger partial charge in [0.05, 0.1) is 13.2 Å². The summed E-state index contributed by atoms with van der Waals surface area (Å²) >= 11 is 0. The molecular formula is C45H80O10. The zero-order valence-electron chi connectivity index (χ0n) is 34.7. The van der Waals surface area contributed by atoms with E-state index in [0.717, 1.165) is 77.0 Å². The summed E-state index contributed by atoms with van der Waals surface area (Å²) in [5.74, 6) is -0.828. The average molecular weight is 781 g/mol. The molecule has 1 fully saturated rings. The number of carbonyl (C=O) groups excluding carboxylic acids is 2. The lowest BCUT2D eigenvalue weighted by Gasteiger charge is -2.39. The van der Waals surface area contributed by atoms with Crippen LogP contribution in [0.4, 0.5) is 0 Å². The van der Waals surface area contributed by atoms with Gasteiger partial charge in [0.1, 0.15) is 31.0 Å². The molecule has 0 aromatic heterocycles. The van der Waals surface area contributed by atoms with Gasteiger partial charge in [-0.1, -0.05) is 140 Å². The first kappa shape index (κ1) is 50.9. The third-order valence-corrected chi connectivity index (χ3v) is 9.98. The van der Waals surface area contributed by atoms with Gasteiger partial charge in [0, 0.05) is 12.8 Å². The molecular weight excluding hydrogens is 700 g/mol. The molecule has 1 aliphatic heterocycles. The number of carbonyl (C=O) groups is 2. The summed E-state index contributed by atoms with van der Waals surface area (Å²) in [4.78, 5) is 25.3. The molecule has 0 saturated carbocycles. The van der Waals surface area contributed by atoms with E-state index in [1.807, 2.05) is 0 Å². The molecule has 0 amide bonds. The number of aliphatic hydroxyl groups is 4. The first-order chi connectivity index (χ1) is 26.8. The third-order valence-electron chi connectivity index (χ3n) is 9.98. The zero-order valence-corrected chi connectivity index (χ0v) is 34.7. The smallest absolute Gasteiger partial charge is 0.306 e. The number of esters is 2. The lowest BCUT2D eigenvalue weighted by molar-refractivity contribution is -0.305. The van der Waals surface area contributed by atoms with Gasteiger partial charge in [-0.25, -0.2) is 0 Å². The predicted octanol–water partition coefficient (Wildman–Crippen LogP) is 9.11. The largest absolute Gasteiger partial charge is 0.462 e. The van der Waals surface area contributed by atoms with Gasteiger partial charge in [-0.3, -0.25) is 9.59 Å². The van der Waals surface area contributed by atoms with Gasteiger partial charge < -0.3 is 39.4 Å². The van der Waals surface area contributed by atoms with Gasteiger partial charge in [-0.05, 0) is 64.2 Å². The van der Waals surface area contributed by atoms with E-state index in [1.165, 1.54) is 70.6 Å². The van der Waals surface area contributed by atoms with Crippen LogP contribution in [0.1, 0.15) is 181 Å². The molecule has 0 aliphatic carbocycles. The highest BCUT2D eigenvalue weighted by Crippen LogP contribution is 2.22. The van der Waals surface area contributed by atoms with E-state index in [4.69, 9.17) is 18.9 Å². The summed E-state index contributed by atoms with van der Waals surface area (Å²) < 4.78 is 22.1. The van der Waals surface area contributed by atoms with Crippen molar-refractivity contribution >= 4 is 11.9 Å². The SMILES string of the molecule is CCC/C=C\C/C=C\CCCCCCCC(=O)OC(COC(=O)CCCCCCCCC/C=C\CCCCCCCC)COC1OC(CO)C(O)C(O)C1O. The minimum absolute atomic E-state index is 0.213. The number of ether oxygens (including phenoxy) is 4. The Morgan fingerprint density at radius 1 is 0.564 bits per heavy atom. The molecule has 0 aromatic rings. The Balaban J connectivity index is 2.34. The molecule has 55 heavy (non-hydrogen) atoms. The van der Waals surface area contributed by atoms with Gasteiger partial charge in [0.25, 0.3) is 0 Å². The van der Waals surface area contributed by atoms with Crippen molar-refractivity contribution in [1.29, 1.82) is 0 Å². The molecule has 0 spiro atoms. The fourth-order valence-corrected chi connectivity index (χ4v) is 6.46. The Morgan fingerprint density at radius 2 is 1.05 bits per heavy atom. The Morgan fingerprint density at radius 3 is 1.60 bits per heavy atom. The zero-order chi connectivity index (χ0) is 40.2. The van der Waals surface area contributed by atoms with Crippen LogP contribution in [-0.4, -0.2) is 89.0 Å². The van der Waals surface area contributed by atoms with E-state index in [0.29, 0.717) is 6.42 Å². The van der Waals surface area contributed by atoms with Crippen molar-refractivity contribution in [1.82, 2.24) is 0 Å². The molecule has 10 nitrogen and oxygen atoms in total. The van der Waals surface area contributed by atoms with Gasteiger partial charge in [-0.2, -0.15) is 0 Å². The second-order valence-corrected chi connectivity index (χ2v) is 15.1. The summed E-state index contributed by atoms with van der Waals surface area (Å²) in [7, 11) is 0. The quantitative estimate of drug-likeness (QED) is 0.0275. The number of unbranched alkanes of at least 4 members (excludes halogenated alkanes) is 19. The Bertz CT molecular complexity index is 996. The van der Waals surface area contributed by atoms with Gasteiger partial charge >= 0.3 is 11.9 Å². The molecule has 1 saturated heterocycles. The maximum absolute atomic E-state index is 12.7. The second-order valence-electron chi connectivity index (χ2n) is 15.1. The van der Waals surface area contributed by atoms with E-state index >= 15 is 0 Å². The number of allylic oxidation sites excluding steroid dienone is 6. The standard InChI is InChI=1S/C45H80O10/c1-3-5-7-9-11-13-15-17-18-19-20-22-23-25-27-29-31-33-40(47)52-36-38(37-53-45-44(51)43(50)42(49)39(35-46)55-45)54-41(48)34-32-30-28-26-24-21-16-14-12-10-8-6-4-2/h8,10,14,16-18,38-39,42-46,49-51H,3-7,9,11-13,15,19-37H2,1-2H3/b10-8-,16-14-,18-17-. The fourth-order valence-electron chi connectivity index (χ4n) is 6.46. The maximum atomic E-state index is 12.7. The van der Waals surface area contributed by atoms with E-state index in [-0.39, 0.29) is 32.0 Å². The first-order valence-corrected chi connectivity index (χ1v) is 22.1. The Kier molecular flexibility index (Phi) is 33.6. The highest BCUT2D eigenvalue weighted by atomic mass is 16.7. The van der Waals surface area contributed by atoms with Gasteiger partial charge in [0.2, 0.25) is 0 Å². The normalized spacial score (nSPS) is 20.9. The second kappa shape index (κ2) is 36.3. The fraction of sp³-hybridized carbons (Fsp3) is 0.822. The van der Waals surface area contributed by atoms with Crippen LogP contribution in [0.5, 0.6) is 0 Å². The first-order valence-electron chi connectivity index (χ1n) is 22.1. The number of hydrogen-bond acceptors (Lipinski definition) is 10. The van der Waals surface area contributed by atoms with Crippen LogP contribution in [-0.2, 0) is 28.5 Å². The lowest BCUT2D eigenvalue weighted by Crippen LogP contribution is -2.59. The van der Waals surface area contributed by atoms with E-state index in [9.17, 15) is 30.0 Å². The molecule has 1 aliphatic rings. The average Bonchev–Trinajstić information content (AvgIpc) is 3.18. The maximum Gasteiger partial charge on any atom is 0.306 e. The molecule has 0 aromatic carbocycles. The van der Waals surface area contributed by atoms with E-state index in [2.05, 4.69) is 50.3 Å². The van der Waals surface area contributed by atoms with Crippen LogP contribution in [0.15, 0.2) is 36.5 Å². The highest BCUT2D eigenvalue weighted by molar-refractivity contribution is 5.70. The topological polar surface area (TPSA) is 152 Å². The highest BCUT2D eigenvalue weighted by Gasteiger charge is 2.44. The Hall–Kier alpha value is -2.08. The molecule has 0 radical (unpaired) electrons. The summed E-state index contributed by atoms with van der Waals surface area (Å²) in [6.45, 7) is 3.33. The van der Waals surface area contributed by atoms with Crippen LogP contribution in [0.2, 0.25) is 0 Å². The summed E-state index contributed by atoms with van der Waals surface area (Å²) in [5.41, 5.74) is 0. The molecule has 1 heterocycles. The van der Waals surface area contributed by atoms with E-state index in [1.54, 1.807) is 0 Å².